The van der Waals surface area contributed by atoms with Crippen molar-refractivity contribution in [2.75, 3.05) is 0 Å². The van der Waals surface area contributed by atoms with Crippen LogP contribution in [0.4, 0.5) is 8.78 Å². The molecular formula is C6H7F2NS. The van der Waals surface area contributed by atoms with Gasteiger partial charge < -0.3 is 0 Å². The lowest BCUT2D eigenvalue weighted by Crippen LogP contribution is -2.08. The van der Waals surface area contributed by atoms with Crippen molar-refractivity contribution in [1.29, 1.82) is 0 Å². The maximum absolute atomic E-state index is 12.7. The molecule has 0 spiro atoms. The van der Waals surface area contributed by atoms with E-state index in [2.05, 4.69) is 4.98 Å². The van der Waals surface area contributed by atoms with E-state index in [1.807, 2.05) is 0 Å². The second kappa shape index (κ2) is 2.62. The summed E-state index contributed by atoms with van der Waals surface area (Å²) in [7, 11) is 0. The van der Waals surface area contributed by atoms with E-state index in [1.54, 1.807) is 0 Å². The van der Waals surface area contributed by atoms with E-state index in [0.29, 0.717) is 0 Å². The van der Waals surface area contributed by atoms with Crippen LogP contribution in [0.1, 0.15) is 18.2 Å². The molecule has 10 heavy (non-hydrogen) atoms. The summed E-state index contributed by atoms with van der Waals surface area (Å²) in [6.45, 7) is 1.46. The first-order valence-electron chi connectivity index (χ1n) is 2.93. The predicted octanol–water partition coefficient (Wildman–Crippen LogP) is 2.64. The van der Waals surface area contributed by atoms with Crippen LogP contribution >= 0.6 is 11.3 Å². The number of alkyl halides is 2. The highest BCUT2D eigenvalue weighted by atomic mass is 32.1. The number of thiazole rings is 1. The maximum atomic E-state index is 12.7. The number of hydrogen-bond acceptors (Lipinski definition) is 2. The van der Waals surface area contributed by atoms with Gasteiger partial charge in [0.1, 0.15) is 0 Å². The largest absolute Gasteiger partial charge is 0.283 e. The molecule has 0 saturated heterocycles. The molecule has 4 heteroatoms. The fourth-order valence-electron chi connectivity index (χ4n) is 0.571. The summed E-state index contributed by atoms with van der Waals surface area (Å²) in [6, 6.07) is 0. The van der Waals surface area contributed by atoms with E-state index in [-0.39, 0.29) is 11.3 Å². The normalized spacial score (nSPS) is 11.9. The smallest absolute Gasteiger partial charge is 0.253 e. The molecular weight excluding hydrogens is 156 g/mol. The quantitative estimate of drug-likeness (QED) is 0.653. The van der Waals surface area contributed by atoms with Gasteiger partial charge in [-0.2, -0.15) is 0 Å². The summed E-state index contributed by atoms with van der Waals surface area (Å²) in [6.07, 6.45) is 1.06. The molecule has 0 atom stereocenters. The van der Waals surface area contributed by atoms with Crippen molar-refractivity contribution in [2.45, 2.75) is 19.3 Å². The molecule has 0 aliphatic carbocycles. The fraction of sp³-hybridized carbons (Fsp3) is 0.500. The molecule has 0 aromatic carbocycles. The molecule has 1 heterocycles. The standard InChI is InChI=1S/C6H7F2NS/c1-2-6(7,8)5-3-9-4-10-5/h3-4H,2H2,1H3. The van der Waals surface area contributed by atoms with E-state index in [4.69, 9.17) is 0 Å². The molecule has 1 nitrogen and oxygen atoms in total. The fourth-order valence-corrected chi connectivity index (χ4v) is 1.24. The van der Waals surface area contributed by atoms with E-state index in [9.17, 15) is 8.78 Å². The highest BCUT2D eigenvalue weighted by molar-refractivity contribution is 7.09. The summed E-state index contributed by atoms with van der Waals surface area (Å²) in [5.74, 6) is -2.68. The number of rotatable bonds is 2. The van der Waals surface area contributed by atoms with Gasteiger partial charge in [0, 0.05) is 12.6 Å². The Kier molecular flexibility index (Phi) is 1.99. The Morgan fingerprint density at radius 2 is 2.40 bits per heavy atom. The van der Waals surface area contributed by atoms with E-state index < -0.39 is 5.92 Å². The lowest BCUT2D eigenvalue weighted by atomic mass is 10.2. The molecule has 1 rings (SSSR count). The number of aromatic nitrogens is 1. The van der Waals surface area contributed by atoms with Crippen molar-refractivity contribution in [3.8, 4) is 0 Å². The average Bonchev–Trinajstić information content (AvgIpc) is 2.38. The van der Waals surface area contributed by atoms with Gasteiger partial charge in [0.15, 0.2) is 0 Å². The first-order valence-corrected chi connectivity index (χ1v) is 3.81. The molecule has 0 saturated carbocycles. The van der Waals surface area contributed by atoms with Crippen molar-refractivity contribution in [3.63, 3.8) is 0 Å². The monoisotopic (exact) mass is 163 g/mol. The van der Waals surface area contributed by atoms with Gasteiger partial charge in [0.05, 0.1) is 10.4 Å². The maximum Gasteiger partial charge on any atom is 0.283 e. The molecule has 1 aromatic rings. The average molecular weight is 163 g/mol. The van der Waals surface area contributed by atoms with E-state index in [0.717, 1.165) is 11.3 Å². The van der Waals surface area contributed by atoms with Crippen LogP contribution < -0.4 is 0 Å². The Bertz CT molecular complexity index is 196. The molecule has 56 valence electrons. The van der Waals surface area contributed by atoms with Crippen molar-refractivity contribution in [3.05, 3.63) is 16.6 Å². The van der Waals surface area contributed by atoms with E-state index in [1.165, 1.54) is 18.6 Å². The number of nitrogens with zero attached hydrogens (tertiary/aromatic N) is 1. The summed E-state index contributed by atoms with van der Waals surface area (Å²) in [4.78, 5) is 3.63. The number of hydrogen-bond donors (Lipinski definition) is 0. The van der Waals surface area contributed by atoms with Crippen LogP contribution in [0.2, 0.25) is 0 Å². The van der Waals surface area contributed by atoms with Crippen LogP contribution in [0.15, 0.2) is 11.7 Å². The second-order valence-electron chi connectivity index (χ2n) is 1.92. The van der Waals surface area contributed by atoms with Crippen molar-refractivity contribution in [1.82, 2.24) is 4.98 Å². The van der Waals surface area contributed by atoms with Crippen LogP contribution in [-0.2, 0) is 5.92 Å². The third kappa shape index (κ3) is 1.31. The summed E-state index contributed by atoms with van der Waals surface area (Å²) in [5, 5.41) is 0. The molecule has 0 bridgehead atoms. The Balaban J connectivity index is 2.85. The highest BCUT2D eigenvalue weighted by Gasteiger charge is 2.30. The van der Waals surface area contributed by atoms with Gasteiger partial charge in [-0.05, 0) is 0 Å². The molecule has 0 amide bonds. The van der Waals surface area contributed by atoms with Crippen LogP contribution in [0, 0.1) is 0 Å². The lowest BCUT2D eigenvalue weighted by Gasteiger charge is -2.09. The van der Waals surface area contributed by atoms with Crippen LogP contribution in [0.25, 0.3) is 0 Å². The zero-order valence-electron chi connectivity index (χ0n) is 5.47. The Morgan fingerprint density at radius 3 is 2.80 bits per heavy atom. The van der Waals surface area contributed by atoms with Gasteiger partial charge in [-0.3, -0.25) is 4.98 Å². The zero-order valence-corrected chi connectivity index (χ0v) is 6.29. The van der Waals surface area contributed by atoms with Gasteiger partial charge in [-0.1, -0.05) is 6.92 Å². The molecule has 0 unspecified atom stereocenters. The minimum atomic E-state index is -2.68. The van der Waals surface area contributed by atoms with Gasteiger partial charge in [-0.15, -0.1) is 11.3 Å². The van der Waals surface area contributed by atoms with Crippen LogP contribution in [0.3, 0.4) is 0 Å². The van der Waals surface area contributed by atoms with Gasteiger partial charge in [0.25, 0.3) is 5.92 Å². The first-order chi connectivity index (χ1) is 4.67. The Hall–Kier alpha value is -0.510. The summed E-state index contributed by atoms with van der Waals surface area (Å²) >= 11 is 0.993. The summed E-state index contributed by atoms with van der Waals surface area (Å²) < 4.78 is 25.4. The molecule has 1 aromatic heterocycles. The molecule has 0 fully saturated rings. The third-order valence-corrected chi connectivity index (χ3v) is 2.12. The molecule has 0 aliphatic rings. The predicted molar refractivity (Wildman–Crippen MR) is 36.3 cm³/mol. The van der Waals surface area contributed by atoms with E-state index >= 15 is 0 Å². The Labute approximate surface area is 61.7 Å². The third-order valence-electron chi connectivity index (χ3n) is 1.24. The van der Waals surface area contributed by atoms with Crippen molar-refractivity contribution >= 4 is 11.3 Å². The molecule has 0 aliphatic heterocycles. The lowest BCUT2D eigenvalue weighted by molar-refractivity contribution is -0.00460. The molecule has 0 N–H and O–H groups in total. The van der Waals surface area contributed by atoms with Gasteiger partial charge >= 0.3 is 0 Å². The number of halogens is 2. The second-order valence-corrected chi connectivity index (χ2v) is 2.81. The van der Waals surface area contributed by atoms with Crippen molar-refractivity contribution in [2.24, 2.45) is 0 Å². The minimum Gasteiger partial charge on any atom is -0.253 e. The van der Waals surface area contributed by atoms with Crippen molar-refractivity contribution < 1.29 is 8.78 Å². The summed E-state index contributed by atoms with van der Waals surface area (Å²) in [5.41, 5.74) is 1.42. The Morgan fingerprint density at radius 1 is 1.70 bits per heavy atom. The first kappa shape index (κ1) is 7.60. The minimum absolute atomic E-state index is 0.0509. The molecule has 0 radical (unpaired) electrons. The SMILES string of the molecule is CCC(F)(F)c1cncs1. The van der Waals surface area contributed by atoms with Gasteiger partial charge in [0.2, 0.25) is 0 Å². The topological polar surface area (TPSA) is 12.9 Å². The van der Waals surface area contributed by atoms with Crippen LogP contribution in [0.5, 0.6) is 0 Å². The zero-order chi connectivity index (χ0) is 7.61. The highest BCUT2D eigenvalue weighted by Crippen LogP contribution is 2.33. The van der Waals surface area contributed by atoms with Crippen LogP contribution in [-0.4, -0.2) is 4.98 Å². The van der Waals surface area contributed by atoms with Gasteiger partial charge in [-0.25, -0.2) is 8.78 Å².